The van der Waals surface area contributed by atoms with Crippen molar-refractivity contribution in [2.24, 2.45) is 0 Å². The lowest BCUT2D eigenvalue weighted by molar-refractivity contribution is 0.0659. The molecule has 20 heavy (non-hydrogen) atoms. The fourth-order valence-corrected chi connectivity index (χ4v) is 1.99. The molecule has 0 aliphatic heterocycles. The monoisotopic (exact) mass is 272 g/mol. The summed E-state index contributed by atoms with van der Waals surface area (Å²) in [5.74, 6) is 2.41. The minimum absolute atomic E-state index is 0.340. The third kappa shape index (κ3) is 2.67. The molecule has 1 aliphatic carbocycles. The zero-order valence-corrected chi connectivity index (χ0v) is 11.6. The summed E-state index contributed by atoms with van der Waals surface area (Å²) in [6.07, 6.45) is 3.17. The average Bonchev–Trinajstić information content (AvgIpc) is 2.69. The molecule has 1 unspecified atom stereocenters. The third-order valence-electron chi connectivity index (χ3n) is 3.04. The van der Waals surface area contributed by atoms with Crippen LogP contribution in [-0.4, -0.2) is 24.3 Å². The third-order valence-corrected chi connectivity index (χ3v) is 3.04. The Labute approximate surface area is 118 Å². The summed E-state index contributed by atoms with van der Waals surface area (Å²) in [6, 6.07) is 4.92. The van der Waals surface area contributed by atoms with Gasteiger partial charge in [-0.3, -0.25) is 9.59 Å². The van der Waals surface area contributed by atoms with Crippen molar-refractivity contribution in [3.05, 3.63) is 29.3 Å². The molecule has 0 amide bonds. The van der Waals surface area contributed by atoms with E-state index in [1.54, 1.807) is 25.1 Å². The Balaban J connectivity index is 2.19. The van der Waals surface area contributed by atoms with Crippen molar-refractivity contribution in [3.63, 3.8) is 0 Å². The Bertz CT molecular complexity index is 592. The van der Waals surface area contributed by atoms with E-state index in [0.29, 0.717) is 23.5 Å². The molecule has 1 aromatic carbocycles. The van der Waals surface area contributed by atoms with Crippen LogP contribution in [0.1, 0.15) is 47.4 Å². The van der Waals surface area contributed by atoms with E-state index in [9.17, 15) is 9.59 Å². The standard InChI is InChI=1S/C16H16O4/c1-3-5-9-19-11-6-7-12-13(10-11)15(18)16(14(12)17)20-8-4-2/h6-7,10,16H,3,5,9H2,1-2H3. The fraction of sp³-hybridized carbons (Fsp3) is 0.375. The predicted molar refractivity (Wildman–Crippen MR) is 73.8 cm³/mol. The van der Waals surface area contributed by atoms with Crippen molar-refractivity contribution in [1.82, 2.24) is 0 Å². The van der Waals surface area contributed by atoms with E-state index in [1.807, 2.05) is 0 Å². The minimum Gasteiger partial charge on any atom is -0.494 e. The SMILES string of the molecule is CC#COC1C(=O)c2ccc(OCCCC)cc2C1=O. The van der Waals surface area contributed by atoms with E-state index in [-0.39, 0.29) is 11.6 Å². The number of Topliss-reactive ketones (excluding diaryl/α,β-unsaturated/α-hetero) is 2. The van der Waals surface area contributed by atoms with Crippen LogP contribution in [0, 0.1) is 12.0 Å². The lowest BCUT2D eigenvalue weighted by Gasteiger charge is -2.06. The molecular weight excluding hydrogens is 256 g/mol. The van der Waals surface area contributed by atoms with Gasteiger partial charge in [-0.1, -0.05) is 19.3 Å². The highest BCUT2D eigenvalue weighted by molar-refractivity contribution is 6.28. The molecule has 2 rings (SSSR count). The number of rotatable bonds is 5. The number of fused-ring (bicyclic) bond motifs is 1. The van der Waals surface area contributed by atoms with Gasteiger partial charge in [0.05, 0.1) is 6.61 Å². The maximum atomic E-state index is 12.1. The van der Waals surface area contributed by atoms with Crippen LogP contribution >= 0.6 is 0 Å². The first-order valence-electron chi connectivity index (χ1n) is 6.61. The van der Waals surface area contributed by atoms with Gasteiger partial charge in [-0.25, -0.2) is 0 Å². The molecule has 1 aromatic rings. The summed E-state index contributed by atoms with van der Waals surface area (Å²) in [5, 5.41) is 0. The summed E-state index contributed by atoms with van der Waals surface area (Å²) in [6.45, 7) is 4.25. The molecule has 0 bridgehead atoms. The summed E-state index contributed by atoms with van der Waals surface area (Å²) in [5.41, 5.74) is 0.729. The topological polar surface area (TPSA) is 52.6 Å². The number of hydrogen-bond acceptors (Lipinski definition) is 4. The van der Waals surface area contributed by atoms with Crippen LogP contribution in [0.4, 0.5) is 0 Å². The van der Waals surface area contributed by atoms with E-state index >= 15 is 0 Å². The van der Waals surface area contributed by atoms with E-state index in [4.69, 9.17) is 9.47 Å². The number of unbranched alkanes of at least 4 members (excludes halogenated alkanes) is 1. The number of carbonyl (C=O) groups is 2. The van der Waals surface area contributed by atoms with Crippen molar-refractivity contribution in [3.8, 4) is 17.8 Å². The first-order valence-corrected chi connectivity index (χ1v) is 6.61. The van der Waals surface area contributed by atoms with Crippen LogP contribution in [0.3, 0.4) is 0 Å². The van der Waals surface area contributed by atoms with Gasteiger partial charge < -0.3 is 9.47 Å². The molecule has 0 heterocycles. The van der Waals surface area contributed by atoms with Gasteiger partial charge in [0.1, 0.15) is 11.9 Å². The molecule has 0 aromatic heterocycles. The van der Waals surface area contributed by atoms with Gasteiger partial charge in [0.2, 0.25) is 17.7 Å². The van der Waals surface area contributed by atoms with Gasteiger partial charge in [0.25, 0.3) is 0 Å². The maximum Gasteiger partial charge on any atom is 0.235 e. The highest BCUT2D eigenvalue weighted by atomic mass is 16.5. The second-order valence-corrected chi connectivity index (χ2v) is 4.49. The molecule has 0 saturated heterocycles. The molecule has 1 atom stereocenters. The predicted octanol–water partition coefficient (Wildman–Crippen LogP) is 2.61. The molecular formula is C16H16O4. The summed E-state index contributed by atoms with van der Waals surface area (Å²) in [4.78, 5) is 24.2. The van der Waals surface area contributed by atoms with Gasteiger partial charge in [-0.05, 0) is 24.6 Å². The van der Waals surface area contributed by atoms with Crippen LogP contribution in [-0.2, 0) is 4.74 Å². The second-order valence-electron chi connectivity index (χ2n) is 4.49. The van der Waals surface area contributed by atoms with Crippen LogP contribution in [0.15, 0.2) is 18.2 Å². The number of ketones is 2. The highest BCUT2D eigenvalue weighted by Gasteiger charge is 2.40. The quantitative estimate of drug-likeness (QED) is 0.469. The average molecular weight is 272 g/mol. The molecule has 0 fully saturated rings. The Morgan fingerprint density at radius 1 is 1.20 bits per heavy atom. The molecule has 1 aliphatic rings. The zero-order valence-electron chi connectivity index (χ0n) is 11.6. The molecule has 4 heteroatoms. The van der Waals surface area contributed by atoms with Crippen molar-refractivity contribution >= 4 is 11.6 Å². The summed E-state index contributed by atoms with van der Waals surface area (Å²) >= 11 is 0. The largest absolute Gasteiger partial charge is 0.494 e. The second kappa shape index (κ2) is 6.25. The Hall–Kier alpha value is -2.28. The molecule has 0 saturated carbocycles. The summed E-state index contributed by atoms with van der Waals surface area (Å²) < 4.78 is 10.5. The van der Waals surface area contributed by atoms with Crippen LogP contribution < -0.4 is 4.74 Å². The number of carbonyl (C=O) groups excluding carboxylic acids is 2. The Morgan fingerprint density at radius 3 is 2.65 bits per heavy atom. The van der Waals surface area contributed by atoms with Gasteiger partial charge in [-0.2, -0.15) is 0 Å². The maximum absolute atomic E-state index is 12.1. The number of hydrogen-bond donors (Lipinski definition) is 0. The zero-order chi connectivity index (χ0) is 14.5. The molecule has 0 radical (unpaired) electrons. The Morgan fingerprint density at radius 2 is 1.95 bits per heavy atom. The minimum atomic E-state index is -1.14. The normalized spacial score (nSPS) is 16.4. The van der Waals surface area contributed by atoms with Gasteiger partial charge >= 0.3 is 0 Å². The highest BCUT2D eigenvalue weighted by Crippen LogP contribution is 2.28. The smallest absolute Gasteiger partial charge is 0.235 e. The van der Waals surface area contributed by atoms with Crippen LogP contribution in [0.5, 0.6) is 5.75 Å². The Kier molecular flexibility index (Phi) is 4.41. The van der Waals surface area contributed by atoms with Gasteiger partial charge in [-0.15, -0.1) is 0 Å². The lowest BCUT2D eigenvalue weighted by atomic mass is 10.1. The van der Waals surface area contributed by atoms with Crippen molar-refractivity contribution in [2.75, 3.05) is 6.61 Å². The molecule has 0 spiro atoms. The van der Waals surface area contributed by atoms with Crippen molar-refractivity contribution in [2.45, 2.75) is 32.8 Å². The van der Waals surface area contributed by atoms with Crippen molar-refractivity contribution in [1.29, 1.82) is 0 Å². The van der Waals surface area contributed by atoms with Gasteiger partial charge in [0, 0.05) is 18.1 Å². The number of benzene rings is 1. The van der Waals surface area contributed by atoms with Gasteiger partial charge in [0.15, 0.2) is 0 Å². The van der Waals surface area contributed by atoms with Crippen molar-refractivity contribution < 1.29 is 19.1 Å². The molecule has 4 nitrogen and oxygen atoms in total. The molecule has 0 N–H and O–H groups in total. The first kappa shape index (κ1) is 14.1. The van der Waals surface area contributed by atoms with E-state index in [2.05, 4.69) is 19.0 Å². The lowest BCUT2D eigenvalue weighted by Crippen LogP contribution is -2.23. The van der Waals surface area contributed by atoms with E-state index < -0.39 is 6.10 Å². The van der Waals surface area contributed by atoms with E-state index in [1.165, 1.54) is 0 Å². The summed E-state index contributed by atoms with van der Waals surface area (Å²) in [7, 11) is 0. The van der Waals surface area contributed by atoms with Crippen LogP contribution in [0.25, 0.3) is 0 Å². The fourth-order valence-electron chi connectivity index (χ4n) is 1.99. The first-order chi connectivity index (χ1) is 9.69. The van der Waals surface area contributed by atoms with E-state index in [0.717, 1.165) is 12.8 Å². The number of ether oxygens (including phenoxy) is 2. The molecule has 104 valence electrons. The van der Waals surface area contributed by atoms with Crippen LogP contribution in [0.2, 0.25) is 0 Å².